The number of pyridine rings is 1. The summed E-state index contributed by atoms with van der Waals surface area (Å²) in [6.45, 7) is 7.95. The highest BCUT2D eigenvalue weighted by molar-refractivity contribution is 5.98. The number of aromatic nitrogens is 3. The molecule has 5 nitrogen and oxygen atoms in total. The molecule has 3 atom stereocenters. The number of Topliss-reactive ketones (excluding diaryl/α,β-unsaturated/α-hetero) is 1. The summed E-state index contributed by atoms with van der Waals surface area (Å²) in [6, 6.07) is 10.4. The van der Waals surface area contributed by atoms with Gasteiger partial charge in [-0.05, 0) is 55.5 Å². The van der Waals surface area contributed by atoms with E-state index in [0.29, 0.717) is 41.2 Å². The fourth-order valence-corrected chi connectivity index (χ4v) is 5.81. The number of nitrogens with two attached hydrogens (primary N) is 1. The normalized spacial score (nSPS) is 25.0. The maximum atomic E-state index is 15.0. The lowest BCUT2D eigenvalue weighted by Gasteiger charge is -2.48. The van der Waals surface area contributed by atoms with Crippen LogP contribution in [0.4, 0.5) is 4.39 Å². The Morgan fingerprint density at radius 3 is 2.76 bits per heavy atom. The first-order valence-corrected chi connectivity index (χ1v) is 11.6. The van der Waals surface area contributed by atoms with E-state index in [2.05, 4.69) is 18.5 Å². The van der Waals surface area contributed by atoms with Crippen molar-refractivity contribution in [3.8, 4) is 22.6 Å². The zero-order chi connectivity index (χ0) is 24.0. The summed E-state index contributed by atoms with van der Waals surface area (Å²) in [4.78, 5) is 27.2. The van der Waals surface area contributed by atoms with Crippen molar-refractivity contribution in [2.75, 3.05) is 0 Å². The Balaban J connectivity index is 1.80. The van der Waals surface area contributed by atoms with E-state index in [0.717, 1.165) is 23.2 Å². The van der Waals surface area contributed by atoms with E-state index in [4.69, 9.17) is 15.7 Å². The third-order valence-electron chi connectivity index (χ3n) is 7.54. The maximum Gasteiger partial charge on any atom is 0.163 e. The van der Waals surface area contributed by atoms with Crippen LogP contribution in [0.15, 0.2) is 60.9 Å². The molecule has 0 unspecified atom stereocenters. The van der Waals surface area contributed by atoms with Crippen LogP contribution in [0.25, 0.3) is 28.7 Å². The first-order chi connectivity index (χ1) is 16.4. The van der Waals surface area contributed by atoms with Crippen molar-refractivity contribution < 1.29 is 9.18 Å². The van der Waals surface area contributed by atoms with Crippen molar-refractivity contribution >= 4 is 11.9 Å². The number of hydrogen-bond acceptors (Lipinski definition) is 5. The highest BCUT2D eigenvalue weighted by Crippen LogP contribution is 2.53. The first-order valence-electron chi connectivity index (χ1n) is 11.6. The van der Waals surface area contributed by atoms with E-state index in [1.807, 2.05) is 25.1 Å². The average molecular weight is 455 g/mol. The molecule has 2 aliphatic rings. The molecule has 1 fully saturated rings. The quantitative estimate of drug-likeness (QED) is 0.546. The van der Waals surface area contributed by atoms with Crippen LogP contribution in [0.3, 0.4) is 0 Å². The van der Waals surface area contributed by atoms with Gasteiger partial charge in [-0.1, -0.05) is 32.6 Å². The van der Waals surface area contributed by atoms with Crippen LogP contribution in [0.1, 0.15) is 43.6 Å². The minimum atomic E-state index is -0.419. The average Bonchev–Trinajstić information content (AvgIpc) is 2.86. The van der Waals surface area contributed by atoms with Crippen LogP contribution < -0.4 is 5.73 Å². The number of nitrogens with zero attached hydrogens (tertiary/aromatic N) is 3. The van der Waals surface area contributed by atoms with Gasteiger partial charge in [-0.15, -0.1) is 0 Å². The summed E-state index contributed by atoms with van der Waals surface area (Å²) in [5.74, 6) is 0.255. The molecule has 1 aromatic carbocycles. The van der Waals surface area contributed by atoms with Crippen LogP contribution in [-0.2, 0) is 16.6 Å². The maximum absolute atomic E-state index is 15.0. The van der Waals surface area contributed by atoms with Crippen molar-refractivity contribution in [2.45, 2.75) is 38.5 Å². The van der Waals surface area contributed by atoms with Crippen molar-refractivity contribution in [1.82, 2.24) is 15.0 Å². The number of carbonyl (C=O) groups is 1. The Hall–Kier alpha value is -3.67. The van der Waals surface area contributed by atoms with Crippen LogP contribution in [0.2, 0.25) is 0 Å². The van der Waals surface area contributed by atoms with Gasteiger partial charge >= 0.3 is 0 Å². The molecule has 2 heterocycles. The van der Waals surface area contributed by atoms with Gasteiger partial charge in [0.1, 0.15) is 5.82 Å². The van der Waals surface area contributed by atoms with E-state index in [1.165, 1.54) is 12.3 Å². The van der Waals surface area contributed by atoms with Gasteiger partial charge in [0, 0.05) is 46.0 Å². The number of hydrogen-bond donors (Lipinski definition) is 1. The van der Waals surface area contributed by atoms with Gasteiger partial charge in [-0.25, -0.2) is 14.4 Å². The van der Waals surface area contributed by atoms with Crippen molar-refractivity contribution in [3.63, 3.8) is 0 Å². The summed E-state index contributed by atoms with van der Waals surface area (Å²) < 4.78 is 15.0. The molecule has 0 aliphatic heterocycles. The number of fused-ring (bicyclic) bond motifs is 3. The highest BCUT2D eigenvalue weighted by Gasteiger charge is 2.51. The summed E-state index contributed by atoms with van der Waals surface area (Å²) in [7, 11) is 0. The third kappa shape index (κ3) is 3.36. The Labute approximate surface area is 198 Å². The number of carbonyl (C=O) groups excluding carboxylic acids is 1. The number of halogens is 1. The molecule has 0 saturated heterocycles. The highest BCUT2D eigenvalue weighted by atomic mass is 19.1. The van der Waals surface area contributed by atoms with E-state index < -0.39 is 5.41 Å². The Morgan fingerprint density at radius 1 is 1.24 bits per heavy atom. The predicted molar refractivity (Wildman–Crippen MR) is 131 cm³/mol. The molecule has 0 bridgehead atoms. The number of allylic oxidation sites excluding steroid dienone is 1. The van der Waals surface area contributed by atoms with Crippen LogP contribution in [-0.4, -0.2) is 20.7 Å². The monoisotopic (exact) mass is 454 g/mol. The molecule has 34 heavy (non-hydrogen) atoms. The Kier molecular flexibility index (Phi) is 5.39. The van der Waals surface area contributed by atoms with E-state index in [-0.39, 0.29) is 23.4 Å². The SMILES string of the molecule is C=Cc1cc(-c2nc(-c3ccccc3F)c3c(n2)[C@]2(C)CC(=CN)C(=O)[C@H](C)[C@H]2CC3)ccn1. The Bertz CT molecular complexity index is 1350. The van der Waals surface area contributed by atoms with Gasteiger partial charge in [-0.3, -0.25) is 9.78 Å². The van der Waals surface area contributed by atoms with E-state index >= 15 is 4.39 Å². The van der Waals surface area contributed by atoms with Gasteiger partial charge in [0.05, 0.1) is 17.1 Å². The second kappa shape index (κ2) is 8.28. The molecule has 0 radical (unpaired) electrons. The molecule has 2 N–H and O–H groups in total. The number of ketones is 1. The van der Waals surface area contributed by atoms with Gasteiger partial charge in [0.15, 0.2) is 11.6 Å². The standard InChI is InChI=1S/C28H27FN4O/c1-4-19-13-17(11-12-31-19)27-32-24(20-7-5-6-8-23(20)29)21-9-10-22-16(2)25(34)18(15-30)14-28(22,3)26(21)33-27/h4-8,11-13,15-16,22H,1,9-10,14,30H2,2-3H3/t16-,22-,28-/m1/s1. The molecule has 5 rings (SSSR count). The lowest BCUT2D eigenvalue weighted by molar-refractivity contribution is -0.123. The van der Waals surface area contributed by atoms with Crippen molar-refractivity contribution in [3.05, 3.63) is 83.7 Å². The topological polar surface area (TPSA) is 81.8 Å². The van der Waals surface area contributed by atoms with Crippen LogP contribution >= 0.6 is 0 Å². The Morgan fingerprint density at radius 2 is 2.03 bits per heavy atom. The zero-order valence-electron chi connectivity index (χ0n) is 19.4. The van der Waals surface area contributed by atoms with Gasteiger partial charge < -0.3 is 5.73 Å². The van der Waals surface area contributed by atoms with Crippen molar-refractivity contribution in [1.29, 1.82) is 0 Å². The van der Waals surface area contributed by atoms with Crippen LogP contribution in [0.5, 0.6) is 0 Å². The zero-order valence-corrected chi connectivity index (χ0v) is 19.4. The van der Waals surface area contributed by atoms with Crippen LogP contribution in [0, 0.1) is 17.7 Å². The van der Waals surface area contributed by atoms with E-state index in [1.54, 1.807) is 24.4 Å². The third-order valence-corrected chi connectivity index (χ3v) is 7.54. The second-order valence-corrected chi connectivity index (χ2v) is 9.46. The largest absolute Gasteiger partial charge is 0.404 e. The molecule has 1 saturated carbocycles. The molecule has 6 heteroatoms. The molecule has 2 aliphatic carbocycles. The smallest absolute Gasteiger partial charge is 0.163 e. The molecule has 2 aromatic heterocycles. The predicted octanol–water partition coefficient (Wildman–Crippen LogP) is 5.26. The molecular weight excluding hydrogens is 427 g/mol. The molecular formula is C28H27FN4O. The second-order valence-electron chi connectivity index (χ2n) is 9.46. The molecule has 0 amide bonds. The summed E-state index contributed by atoms with van der Waals surface area (Å²) in [6.07, 6.45) is 6.81. The fourth-order valence-electron chi connectivity index (χ4n) is 5.81. The summed E-state index contributed by atoms with van der Waals surface area (Å²) >= 11 is 0. The van der Waals surface area contributed by atoms with Gasteiger partial charge in [-0.2, -0.15) is 0 Å². The minimum absolute atomic E-state index is 0.113. The van der Waals surface area contributed by atoms with Crippen molar-refractivity contribution in [2.24, 2.45) is 17.6 Å². The summed E-state index contributed by atoms with van der Waals surface area (Å²) in [5, 5.41) is 0. The number of benzene rings is 1. The van der Waals surface area contributed by atoms with E-state index in [9.17, 15) is 4.79 Å². The molecule has 0 spiro atoms. The fraction of sp³-hybridized carbons (Fsp3) is 0.286. The number of rotatable bonds is 3. The minimum Gasteiger partial charge on any atom is -0.404 e. The first kappa shape index (κ1) is 22.1. The molecule has 3 aromatic rings. The lowest BCUT2D eigenvalue weighted by Crippen LogP contribution is -2.48. The molecule has 172 valence electrons. The summed E-state index contributed by atoms with van der Waals surface area (Å²) in [5.41, 5.74) is 10.5. The van der Waals surface area contributed by atoms with Gasteiger partial charge in [0.2, 0.25) is 0 Å². The van der Waals surface area contributed by atoms with Gasteiger partial charge in [0.25, 0.3) is 0 Å². The lowest BCUT2D eigenvalue weighted by atomic mass is 9.55.